The van der Waals surface area contributed by atoms with Gasteiger partial charge in [-0.05, 0) is 74.4 Å². The second kappa shape index (κ2) is 11.0. The third-order valence-corrected chi connectivity index (χ3v) is 8.28. The Kier molecular flexibility index (Phi) is 8.14. The Hall–Kier alpha value is -3.61. The number of hydrogen-bond donors (Lipinski definition) is 2. The number of anilines is 1. The molecule has 0 bridgehead atoms. The van der Waals surface area contributed by atoms with Crippen LogP contribution < -0.4 is 14.4 Å². The van der Waals surface area contributed by atoms with E-state index in [1.165, 1.54) is 44.2 Å². The summed E-state index contributed by atoms with van der Waals surface area (Å²) < 4.78 is 88.7. The lowest BCUT2D eigenvalue weighted by atomic mass is 10.0. The van der Waals surface area contributed by atoms with Crippen molar-refractivity contribution in [2.75, 3.05) is 10.8 Å². The van der Waals surface area contributed by atoms with Crippen molar-refractivity contribution in [2.24, 2.45) is 0 Å². The minimum absolute atomic E-state index is 0.00780. The zero-order valence-electron chi connectivity index (χ0n) is 22.0. The smallest absolute Gasteiger partial charge is 0.416 e. The molecular formula is C28H25ClF4N2O5S. The maximum atomic E-state index is 14.5. The Morgan fingerprint density at radius 1 is 1.12 bits per heavy atom. The van der Waals surface area contributed by atoms with Crippen LogP contribution in [0.25, 0.3) is 11.6 Å². The van der Waals surface area contributed by atoms with E-state index in [0.717, 1.165) is 22.5 Å². The number of fused-ring (bicyclic) bond motifs is 1. The molecule has 1 heterocycles. The Labute approximate surface area is 239 Å². The predicted octanol–water partition coefficient (Wildman–Crippen LogP) is 5.86. The van der Waals surface area contributed by atoms with Gasteiger partial charge in [0.2, 0.25) is 0 Å². The summed E-state index contributed by atoms with van der Waals surface area (Å²) in [4.78, 5) is 11.8. The van der Waals surface area contributed by atoms with Gasteiger partial charge in [0.15, 0.2) is 6.23 Å². The van der Waals surface area contributed by atoms with Crippen LogP contribution in [0.1, 0.15) is 37.5 Å². The van der Waals surface area contributed by atoms with E-state index in [1.54, 1.807) is 19.1 Å². The molecule has 0 spiro atoms. The number of allylic oxidation sites excluding steroid dienone is 1. The first-order valence-electron chi connectivity index (χ1n) is 12.2. The highest BCUT2D eigenvalue weighted by Gasteiger charge is 2.38. The lowest BCUT2D eigenvalue weighted by Crippen LogP contribution is -2.55. The van der Waals surface area contributed by atoms with Crippen LogP contribution in [-0.4, -0.2) is 37.8 Å². The third-order valence-electron chi connectivity index (χ3n) is 6.19. The van der Waals surface area contributed by atoms with Crippen molar-refractivity contribution in [1.82, 2.24) is 5.32 Å². The lowest BCUT2D eigenvalue weighted by Gasteiger charge is -2.36. The van der Waals surface area contributed by atoms with Crippen molar-refractivity contribution < 1.29 is 40.6 Å². The molecule has 0 unspecified atom stereocenters. The number of ether oxygens (including phenoxy) is 1. The molecule has 7 nitrogen and oxygen atoms in total. The van der Waals surface area contributed by atoms with Crippen molar-refractivity contribution in [2.45, 2.75) is 43.7 Å². The normalized spacial score (nSPS) is 16.2. The minimum Gasteiger partial charge on any atom is -0.466 e. The van der Waals surface area contributed by atoms with E-state index in [2.05, 4.69) is 5.32 Å². The second-order valence-electron chi connectivity index (χ2n) is 9.85. The topological polar surface area (TPSA) is 95.9 Å². The van der Waals surface area contributed by atoms with Gasteiger partial charge in [0.25, 0.3) is 15.9 Å². The summed E-state index contributed by atoms with van der Waals surface area (Å²) >= 11 is 6.17. The van der Waals surface area contributed by atoms with Crippen molar-refractivity contribution >= 4 is 44.9 Å². The van der Waals surface area contributed by atoms with Gasteiger partial charge in [-0.25, -0.2) is 12.8 Å². The van der Waals surface area contributed by atoms with E-state index in [-0.39, 0.29) is 22.0 Å². The number of hydrogen-bond acceptors (Lipinski definition) is 5. The highest BCUT2D eigenvalue weighted by atomic mass is 35.5. The van der Waals surface area contributed by atoms with Crippen LogP contribution in [0.15, 0.2) is 65.6 Å². The number of rotatable bonds is 6. The van der Waals surface area contributed by atoms with E-state index in [4.69, 9.17) is 16.3 Å². The van der Waals surface area contributed by atoms with E-state index in [0.29, 0.717) is 17.2 Å². The van der Waals surface area contributed by atoms with E-state index in [1.807, 2.05) is 0 Å². The molecule has 3 aromatic carbocycles. The lowest BCUT2D eigenvalue weighted by molar-refractivity contribution is -0.139. The third kappa shape index (κ3) is 6.50. The predicted molar refractivity (Wildman–Crippen MR) is 146 cm³/mol. The van der Waals surface area contributed by atoms with E-state index < -0.39 is 56.8 Å². The molecule has 0 saturated heterocycles. The number of nitrogens with zero attached hydrogens (tertiary/aromatic N) is 1. The molecule has 218 valence electrons. The van der Waals surface area contributed by atoms with Crippen molar-refractivity contribution in [3.63, 3.8) is 0 Å². The molecule has 1 aliphatic rings. The molecule has 1 amide bonds. The average Bonchev–Trinajstić information content (AvgIpc) is 2.87. The quantitative estimate of drug-likeness (QED) is 0.269. The molecule has 0 fully saturated rings. The largest absolute Gasteiger partial charge is 0.466 e. The number of nitrogens with one attached hydrogen (secondary N) is 1. The maximum absolute atomic E-state index is 14.5. The molecule has 41 heavy (non-hydrogen) atoms. The van der Waals surface area contributed by atoms with Gasteiger partial charge in [0, 0.05) is 5.56 Å². The Balaban J connectivity index is 1.82. The summed E-state index contributed by atoms with van der Waals surface area (Å²) in [6.45, 7) is 3.52. The zero-order chi connectivity index (χ0) is 30.3. The molecular weight excluding hydrogens is 588 g/mol. The molecule has 0 aromatic heterocycles. The van der Waals surface area contributed by atoms with Gasteiger partial charge < -0.3 is 15.2 Å². The fourth-order valence-electron chi connectivity index (χ4n) is 4.14. The summed E-state index contributed by atoms with van der Waals surface area (Å²) in [5.41, 5.74) is -2.04. The van der Waals surface area contributed by atoms with Gasteiger partial charge in [-0.2, -0.15) is 13.2 Å². The van der Waals surface area contributed by atoms with Gasteiger partial charge >= 0.3 is 6.18 Å². The van der Waals surface area contributed by atoms with Crippen LogP contribution in [0, 0.1) is 5.82 Å². The van der Waals surface area contributed by atoms with Crippen molar-refractivity contribution in [3.8, 4) is 5.75 Å². The van der Waals surface area contributed by atoms with Gasteiger partial charge in [0.05, 0.1) is 27.7 Å². The number of halogens is 5. The van der Waals surface area contributed by atoms with Crippen LogP contribution in [0.2, 0.25) is 5.02 Å². The highest BCUT2D eigenvalue weighted by molar-refractivity contribution is 7.92. The summed E-state index contributed by atoms with van der Waals surface area (Å²) in [7, 11) is -4.64. The van der Waals surface area contributed by atoms with Gasteiger partial charge in [-0.15, -0.1) is 0 Å². The van der Waals surface area contributed by atoms with Crippen LogP contribution in [-0.2, 0) is 21.0 Å². The fourth-order valence-corrected chi connectivity index (χ4v) is 5.97. The number of aliphatic hydroxyl groups is 1. The highest BCUT2D eigenvalue weighted by Crippen LogP contribution is 2.39. The molecule has 4 rings (SSSR count). The van der Waals surface area contributed by atoms with E-state index >= 15 is 0 Å². The summed E-state index contributed by atoms with van der Waals surface area (Å²) in [6, 6.07) is 11.8. The molecule has 0 radical (unpaired) electrons. The maximum Gasteiger partial charge on any atom is 0.416 e. The standard InChI is InChI=1S/C28H25ClF4N2O5S/c1-16(25-20(29)8-5-9-21(25)30)12-17-10-11-23-22(13-17)35(15-24(40-23)34-26(36)27(2,3)37)41(38,39)19-7-4-6-18(14-19)28(31,32)33/h4-14,24,37H,15H2,1-3H3,(H,34,36)/b16-12+/t24-/m1/s1. The number of alkyl halides is 3. The van der Waals surface area contributed by atoms with Gasteiger partial charge in [0.1, 0.15) is 17.2 Å². The first kappa shape index (κ1) is 30.4. The van der Waals surface area contributed by atoms with Crippen molar-refractivity contribution in [1.29, 1.82) is 0 Å². The Morgan fingerprint density at radius 2 is 1.80 bits per heavy atom. The molecule has 3 aromatic rings. The summed E-state index contributed by atoms with van der Waals surface area (Å²) in [5, 5.41) is 12.6. The van der Waals surface area contributed by atoms with Crippen molar-refractivity contribution in [3.05, 3.63) is 88.2 Å². The number of carbonyl (C=O) groups excluding carboxylic acids is 1. The Bertz CT molecular complexity index is 1610. The first-order valence-corrected chi connectivity index (χ1v) is 14.0. The average molecular weight is 613 g/mol. The molecule has 13 heteroatoms. The zero-order valence-corrected chi connectivity index (χ0v) is 23.5. The number of amides is 1. The Morgan fingerprint density at radius 3 is 2.44 bits per heavy atom. The van der Waals surface area contributed by atoms with Gasteiger partial charge in [-0.3, -0.25) is 9.10 Å². The van der Waals surface area contributed by atoms with Gasteiger partial charge in [-0.1, -0.05) is 35.9 Å². The number of sulfonamides is 1. The number of carbonyl (C=O) groups is 1. The molecule has 1 aliphatic heterocycles. The van der Waals surface area contributed by atoms with E-state index in [9.17, 15) is 35.9 Å². The second-order valence-corrected chi connectivity index (χ2v) is 12.1. The molecule has 2 N–H and O–H groups in total. The first-order chi connectivity index (χ1) is 19.0. The molecule has 0 aliphatic carbocycles. The van der Waals surface area contributed by atoms with Crippen LogP contribution in [0.5, 0.6) is 5.75 Å². The molecule has 1 atom stereocenters. The van der Waals surface area contributed by atoms with Crippen LogP contribution in [0.3, 0.4) is 0 Å². The summed E-state index contributed by atoms with van der Waals surface area (Å²) in [6.07, 6.45) is -4.52. The van der Waals surface area contributed by atoms with Crippen LogP contribution in [0.4, 0.5) is 23.2 Å². The SMILES string of the molecule is C/C(=C\c1ccc2c(c1)N(S(=O)(=O)c1cccc(C(F)(F)F)c1)C[C@H](NC(=O)C(C)(C)O)O2)c1c(F)cccc1Cl. The minimum atomic E-state index is -4.79. The fraction of sp³-hybridized carbons (Fsp3) is 0.250. The van der Waals surface area contributed by atoms with Crippen LogP contribution >= 0.6 is 11.6 Å². The monoisotopic (exact) mass is 612 g/mol. The molecule has 0 saturated carbocycles. The number of benzene rings is 3. The summed E-state index contributed by atoms with van der Waals surface area (Å²) in [5.74, 6) is -1.43.